The summed E-state index contributed by atoms with van der Waals surface area (Å²) in [5, 5.41) is 0. The number of carbonyl (C=O) groups is 4. The maximum atomic E-state index is 13.2. The van der Waals surface area contributed by atoms with Crippen molar-refractivity contribution in [3.63, 3.8) is 0 Å². The second kappa shape index (κ2) is 8.91. The van der Waals surface area contributed by atoms with Crippen LogP contribution in [-0.2, 0) is 9.47 Å². The predicted octanol–water partition coefficient (Wildman–Crippen LogP) is 2.64. The number of imide groups is 1. The van der Waals surface area contributed by atoms with Crippen LogP contribution in [0.1, 0.15) is 47.9 Å². The maximum Gasteiger partial charge on any atom is 0.338 e. The first-order chi connectivity index (χ1) is 14.3. The molecule has 0 aliphatic carbocycles. The SMILES string of the molecule is COCCCN1C(=O)c2ccc(C(=O)OCC(=O)c3ccc(F)c(F)c3)cc2C1=O. The minimum Gasteiger partial charge on any atom is -0.454 e. The third-order valence-electron chi connectivity index (χ3n) is 4.51. The van der Waals surface area contributed by atoms with Gasteiger partial charge in [-0.2, -0.15) is 0 Å². The molecule has 0 N–H and O–H groups in total. The number of hydrogen-bond acceptors (Lipinski definition) is 6. The van der Waals surface area contributed by atoms with Crippen molar-refractivity contribution in [1.82, 2.24) is 4.90 Å². The second-order valence-corrected chi connectivity index (χ2v) is 6.50. The van der Waals surface area contributed by atoms with Gasteiger partial charge in [0, 0.05) is 25.8 Å². The summed E-state index contributed by atoms with van der Waals surface area (Å²) in [6.45, 7) is -0.128. The van der Waals surface area contributed by atoms with E-state index in [0.29, 0.717) is 19.1 Å². The van der Waals surface area contributed by atoms with Gasteiger partial charge in [0.15, 0.2) is 24.0 Å². The van der Waals surface area contributed by atoms with Crippen LogP contribution in [-0.4, -0.2) is 55.3 Å². The Morgan fingerprint density at radius 1 is 0.933 bits per heavy atom. The molecule has 0 aromatic heterocycles. The number of nitrogens with zero attached hydrogens (tertiary/aromatic N) is 1. The van der Waals surface area contributed by atoms with Gasteiger partial charge >= 0.3 is 5.97 Å². The number of methoxy groups -OCH3 is 1. The first kappa shape index (κ1) is 21.3. The van der Waals surface area contributed by atoms with Gasteiger partial charge in [0.1, 0.15) is 0 Å². The number of rotatable bonds is 8. The van der Waals surface area contributed by atoms with E-state index in [4.69, 9.17) is 9.47 Å². The number of ketones is 1. The number of esters is 1. The fraction of sp³-hybridized carbons (Fsp3) is 0.238. The Kier molecular flexibility index (Phi) is 6.31. The molecular weight excluding hydrogens is 400 g/mol. The summed E-state index contributed by atoms with van der Waals surface area (Å²) in [7, 11) is 1.51. The van der Waals surface area contributed by atoms with Gasteiger partial charge in [-0.25, -0.2) is 13.6 Å². The Morgan fingerprint density at radius 3 is 2.33 bits per heavy atom. The van der Waals surface area contributed by atoms with Crippen LogP contribution < -0.4 is 0 Å². The Balaban J connectivity index is 1.67. The molecule has 0 fully saturated rings. The molecule has 1 heterocycles. The van der Waals surface area contributed by atoms with Gasteiger partial charge in [0.05, 0.1) is 16.7 Å². The van der Waals surface area contributed by atoms with Crippen LogP contribution in [0, 0.1) is 11.6 Å². The predicted molar refractivity (Wildman–Crippen MR) is 99.3 cm³/mol. The summed E-state index contributed by atoms with van der Waals surface area (Å²) < 4.78 is 36.0. The van der Waals surface area contributed by atoms with Crippen molar-refractivity contribution in [1.29, 1.82) is 0 Å². The van der Waals surface area contributed by atoms with E-state index in [0.717, 1.165) is 17.0 Å². The van der Waals surface area contributed by atoms with Gasteiger partial charge in [-0.15, -0.1) is 0 Å². The molecule has 0 spiro atoms. The molecule has 30 heavy (non-hydrogen) atoms. The highest BCUT2D eigenvalue weighted by molar-refractivity contribution is 6.22. The lowest BCUT2D eigenvalue weighted by atomic mass is 10.1. The summed E-state index contributed by atoms with van der Waals surface area (Å²) in [5.74, 6) is -4.90. The second-order valence-electron chi connectivity index (χ2n) is 6.50. The fourth-order valence-electron chi connectivity index (χ4n) is 2.96. The Hall–Kier alpha value is -3.46. The van der Waals surface area contributed by atoms with Crippen LogP contribution in [0.3, 0.4) is 0 Å². The van der Waals surface area contributed by atoms with Gasteiger partial charge < -0.3 is 9.47 Å². The number of amides is 2. The third kappa shape index (κ3) is 4.25. The molecule has 9 heteroatoms. The summed E-state index contributed by atoms with van der Waals surface area (Å²) in [6.07, 6.45) is 0.475. The van der Waals surface area contributed by atoms with E-state index in [-0.39, 0.29) is 28.8 Å². The summed E-state index contributed by atoms with van der Waals surface area (Å²) in [5.41, 5.74) is 0.0699. The summed E-state index contributed by atoms with van der Waals surface area (Å²) in [4.78, 5) is 50.2. The van der Waals surface area contributed by atoms with Crippen molar-refractivity contribution in [2.45, 2.75) is 6.42 Å². The standard InChI is InChI=1S/C21H17F2NO6/c1-29-8-2-7-24-19(26)14-5-3-13(9-15(14)20(24)27)21(28)30-11-18(25)12-4-6-16(22)17(23)10-12/h3-6,9-10H,2,7-8,11H2,1H3. The monoisotopic (exact) mass is 417 g/mol. The lowest BCUT2D eigenvalue weighted by molar-refractivity contribution is 0.0474. The zero-order chi connectivity index (χ0) is 21.8. The zero-order valence-corrected chi connectivity index (χ0v) is 15.9. The molecule has 0 saturated heterocycles. The summed E-state index contributed by atoms with van der Waals surface area (Å²) in [6, 6.07) is 6.48. The topological polar surface area (TPSA) is 90.0 Å². The molecule has 0 radical (unpaired) electrons. The molecule has 1 aliphatic heterocycles. The van der Waals surface area contributed by atoms with Crippen LogP contribution >= 0.6 is 0 Å². The summed E-state index contributed by atoms with van der Waals surface area (Å²) >= 11 is 0. The molecule has 7 nitrogen and oxygen atoms in total. The average Bonchev–Trinajstić information content (AvgIpc) is 2.98. The number of benzene rings is 2. The number of carbonyl (C=O) groups excluding carboxylic acids is 4. The van der Waals surface area contributed by atoms with Crippen LogP contribution in [0.15, 0.2) is 36.4 Å². The van der Waals surface area contributed by atoms with Gasteiger partial charge in [-0.3, -0.25) is 19.3 Å². The Bertz CT molecular complexity index is 1040. The first-order valence-electron chi connectivity index (χ1n) is 8.98. The number of Topliss-reactive ketones (excluding diaryl/α,β-unsaturated/α-hetero) is 1. The largest absolute Gasteiger partial charge is 0.454 e. The van der Waals surface area contributed by atoms with Crippen LogP contribution in [0.25, 0.3) is 0 Å². The van der Waals surface area contributed by atoms with Crippen LogP contribution in [0.5, 0.6) is 0 Å². The number of halogens is 2. The molecule has 3 rings (SSSR count). The van der Waals surface area contributed by atoms with E-state index in [1.54, 1.807) is 0 Å². The van der Waals surface area contributed by atoms with E-state index in [9.17, 15) is 28.0 Å². The van der Waals surface area contributed by atoms with Crippen LogP contribution in [0.4, 0.5) is 8.78 Å². The van der Waals surface area contributed by atoms with Gasteiger partial charge in [0.2, 0.25) is 0 Å². The average molecular weight is 417 g/mol. The van der Waals surface area contributed by atoms with Crippen LogP contribution in [0.2, 0.25) is 0 Å². The molecule has 156 valence electrons. The molecule has 0 unspecified atom stereocenters. The van der Waals surface area contributed by atoms with E-state index >= 15 is 0 Å². The van der Waals surface area contributed by atoms with E-state index < -0.39 is 41.8 Å². The normalized spacial score (nSPS) is 12.8. The van der Waals surface area contributed by atoms with Crippen molar-refractivity contribution in [3.8, 4) is 0 Å². The highest BCUT2D eigenvalue weighted by Crippen LogP contribution is 2.24. The lowest BCUT2D eigenvalue weighted by Gasteiger charge is -2.12. The van der Waals surface area contributed by atoms with E-state index in [1.165, 1.54) is 25.3 Å². The minimum atomic E-state index is -1.19. The van der Waals surface area contributed by atoms with Crippen molar-refractivity contribution in [2.24, 2.45) is 0 Å². The molecule has 0 bridgehead atoms. The highest BCUT2D eigenvalue weighted by Gasteiger charge is 2.35. The molecule has 2 aromatic carbocycles. The molecule has 0 saturated carbocycles. The third-order valence-corrected chi connectivity index (χ3v) is 4.51. The number of hydrogen-bond donors (Lipinski definition) is 0. The molecule has 2 aromatic rings. The Morgan fingerprint density at radius 2 is 1.63 bits per heavy atom. The lowest BCUT2D eigenvalue weighted by Crippen LogP contribution is -2.31. The highest BCUT2D eigenvalue weighted by atomic mass is 19.2. The van der Waals surface area contributed by atoms with Crippen molar-refractivity contribution in [2.75, 3.05) is 26.9 Å². The van der Waals surface area contributed by atoms with E-state index in [2.05, 4.69) is 0 Å². The first-order valence-corrected chi connectivity index (χ1v) is 8.98. The molecule has 0 atom stereocenters. The van der Waals surface area contributed by atoms with Crippen molar-refractivity contribution >= 4 is 23.6 Å². The smallest absolute Gasteiger partial charge is 0.338 e. The van der Waals surface area contributed by atoms with E-state index in [1.807, 2.05) is 0 Å². The molecule has 1 aliphatic rings. The number of fused-ring (bicyclic) bond motifs is 1. The molecular formula is C21H17F2NO6. The van der Waals surface area contributed by atoms with Crippen molar-refractivity contribution in [3.05, 3.63) is 70.3 Å². The fourth-order valence-corrected chi connectivity index (χ4v) is 2.96. The Labute approximate surface area is 170 Å². The van der Waals surface area contributed by atoms with Gasteiger partial charge in [-0.05, 0) is 42.8 Å². The zero-order valence-electron chi connectivity index (χ0n) is 15.9. The van der Waals surface area contributed by atoms with Gasteiger partial charge in [0.25, 0.3) is 11.8 Å². The van der Waals surface area contributed by atoms with Crippen molar-refractivity contribution < 1.29 is 37.4 Å². The van der Waals surface area contributed by atoms with Gasteiger partial charge in [-0.1, -0.05) is 0 Å². The maximum absolute atomic E-state index is 13.2. The quantitative estimate of drug-likeness (QED) is 0.284. The molecule has 2 amide bonds. The minimum absolute atomic E-state index is 0.0215. The number of ether oxygens (including phenoxy) is 2.